The number of hydrogen-bond donors (Lipinski definition) is 1. The summed E-state index contributed by atoms with van der Waals surface area (Å²) in [7, 11) is 0. The number of nitrogens with zero attached hydrogens (tertiary/aromatic N) is 3. The lowest BCUT2D eigenvalue weighted by Crippen LogP contribution is -2.19. The van der Waals surface area contributed by atoms with Crippen LogP contribution < -0.4 is 10.2 Å². The van der Waals surface area contributed by atoms with Crippen LogP contribution in [0.5, 0.6) is 5.75 Å². The highest BCUT2D eigenvalue weighted by molar-refractivity contribution is 9.11. The highest BCUT2D eigenvalue weighted by atomic mass is 79.9. The summed E-state index contributed by atoms with van der Waals surface area (Å²) in [6.07, 6.45) is 3.23. The van der Waals surface area contributed by atoms with E-state index in [9.17, 15) is 4.79 Å². The van der Waals surface area contributed by atoms with Crippen LogP contribution in [0.15, 0.2) is 50.1 Å². The maximum Gasteiger partial charge on any atom is 0.250 e. The second kappa shape index (κ2) is 10.6. The van der Waals surface area contributed by atoms with E-state index in [2.05, 4.69) is 58.9 Å². The molecule has 0 spiro atoms. The van der Waals surface area contributed by atoms with Crippen LogP contribution in [0.4, 0.5) is 0 Å². The Morgan fingerprint density at radius 1 is 1.26 bits per heavy atom. The van der Waals surface area contributed by atoms with E-state index in [-0.39, 0.29) is 11.7 Å². The van der Waals surface area contributed by atoms with Crippen molar-refractivity contribution in [3.63, 3.8) is 0 Å². The molecule has 0 aliphatic rings. The molecule has 0 atom stereocenters. The fourth-order valence-electron chi connectivity index (χ4n) is 2.03. The molecule has 0 saturated heterocycles. The van der Waals surface area contributed by atoms with E-state index in [1.807, 2.05) is 32.0 Å². The van der Waals surface area contributed by atoms with Gasteiger partial charge in [-0.2, -0.15) is 5.10 Å². The minimum atomic E-state index is -0.233. The third-order valence-corrected chi connectivity index (χ3v) is 5.09. The predicted octanol–water partition coefficient (Wildman–Crippen LogP) is 4.43. The van der Waals surface area contributed by atoms with E-state index in [4.69, 9.17) is 4.74 Å². The van der Waals surface area contributed by atoms with E-state index in [0.717, 1.165) is 25.9 Å². The second-order valence-electron chi connectivity index (χ2n) is 5.43. The number of halogens is 2. The van der Waals surface area contributed by atoms with Crippen molar-refractivity contribution in [1.29, 1.82) is 0 Å². The van der Waals surface area contributed by atoms with Crippen molar-refractivity contribution >= 4 is 55.7 Å². The Hall–Kier alpha value is -1.71. The lowest BCUT2D eigenvalue weighted by atomic mass is 10.2. The van der Waals surface area contributed by atoms with Crippen LogP contribution in [-0.2, 0) is 4.79 Å². The average Bonchev–Trinajstić information content (AvgIpc) is 2.58. The monoisotopic (exact) mass is 512 g/mol. The Bertz CT molecular complexity index is 831. The Labute approximate surface area is 179 Å². The molecular formula is C18H18Br2N4O2S. The molecule has 1 aromatic carbocycles. The maximum absolute atomic E-state index is 11.9. The highest BCUT2D eigenvalue weighted by Crippen LogP contribution is 2.34. The van der Waals surface area contributed by atoms with Crippen molar-refractivity contribution in [2.45, 2.75) is 19.0 Å². The number of hydrogen-bond acceptors (Lipinski definition) is 6. The van der Waals surface area contributed by atoms with Crippen molar-refractivity contribution in [3.8, 4) is 5.75 Å². The van der Waals surface area contributed by atoms with Gasteiger partial charge in [0.15, 0.2) is 5.16 Å². The van der Waals surface area contributed by atoms with Crippen molar-refractivity contribution in [1.82, 2.24) is 15.4 Å². The van der Waals surface area contributed by atoms with Gasteiger partial charge in [0.2, 0.25) is 0 Å². The third kappa shape index (κ3) is 7.08. The van der Waals surface area contributed by atoms with Crippen LogP contribution in [-0.4, -0.2) is 34.4 Å². The van der Waals surface area contributed by atoms with Crippen molar-refractivity contribution in [3.05, 3.63) is 56.8 Å². The van der Waals surface area contributed by atoms with Crippen LogP contribution in [0.25, 0.3) is 0 Å². The number of ether oxygens (including phenoxy) is 1. The number of carbonyl (C=O) groups is 1. The molecule has 1 amide bonds. The maximum atomic E-state index is 11.9. The molecule has 0 aliphatic carbocycles. The first kappa shape index (κ1) is 21.6. The number of nitrogens with one attached hydrogen (secondary N) is 1. The first-order valence-electron chi connectivity index (χ1n) is 7.88. The Kier molecular flexibility index (Phi) is 8.46. The van der Waals surface area contributed by atoms with E-state index < -0.39 is 0 Å². The molecule has 142 valence electrons. The van der Waals surface area contributed by atoms with Gasteiger partial charge in [-0.25, -0.2) is 15.4 Å². The molecule has 9 heteroatoms. The summed E-state index contributed by atoms with van der Waals surface area (Å²) in [6, 6.07) is 5.58. The highest BCUT2D eigenvalue weighted by Gasteiger charge is 2.08. The van der Waals surface area contributed by atoms with E-state index in [0.29, 0.717) is 17.5 Å². The van der Waals surface area contributed by atoms with Crippen molar-refractivity contribution in [2.75, 3.05) is 12.4 Å². The predicted molar refractivity (Wildman–Crippen MR) is 116 cm³/mol. The molecular weight excluding hydrogens is 496 g/mol. The zero-order valence-corrected chi connectivity index (χ0v) is 18.8. The minimum absolute atomic E-state index is 0.182. The van der Waals surface area contributed by atoms with Crippen LogP contribution >= 0.6 is 43.6 Å². The average molecular weight is 514 g/mol. The first-order chi connectivity index (χ1) is 12.9. The van der Waals surface area contributed by atoms with Gasteiger partial charge in [-0.3, -0.25) is 4.79 Å². The smallest absolute Gasteiger partial charge is 0.250 e. The normalized spacial score (nSPS) is 10.8. The van der Waals surface area contributed by atoms with Gasteiger partial charge in [0.05, 0.1) is 20.9 Å². The van der Waals surface area contributed by atoms with E-state index in [1.54, 1.807) is 12.3 Å². The number of rotatable bonds is 8. The van der Waals surface area contributed by atoms with Gasteiger partial charge in [-0.1, -0.05) is 24.4 Å². The summed E-state index contributed by atoms with van der Waals surface area (Å²) in [5.74, 6) is 0.631. The quantitative estimate of drug-likeness (QED) is 0.186. The minimum Gasteiger partial charge on any atom is -0.487 e. The molecule has 0 radical (unpaired) electrons. The fourth-order valence-corrected chi connectivity index (χ4v) is 4.23. The fraction of sp³-hybridized carbons (Fsp3) is 0.222. The van der Waals surface area contributed by atoms with E-state index in [1.165, 1.54) is 11.8 Å². The molecule has 0 unspecified atom stereocenters. The number of amides is 1. The zero-order valence-electron chi connectivity index (χ0n) is 14.8. The number of aromatic nitrogens is 2. The summed E-state index contributed by atoms with van der Waals surface area (Å²) >= 11 is 8.18. The molecule has 1 N–H and O–H groups in total. The summed E-state index contributed by atoms with van der Waals surface area (Å²) in [5.41, 5.74) is 5.04. The summed E-state index contributed by atoms with van der Waals surface area (Å²) in [6.45, 7) is 7.82. The number of thioether (sulfide) groups is 1. The third-order valence-electron chi connectivity index (χ3n) is 3.06. The number of carbonyl (C=O) groups excluding carboxylic acids is 1. The molecule has 27 heavy (non-hydrogen) atoms. The van der Waals surface area contributed by atoms with Gasteiger partial charge in [0.1, 0.15) is 12.4 Å². The molecule has 6 nitrogen and oxygen atoms in total. The van der Waals surface area contributed by atoms with Crippen LogP contribution in [0, 0.1) is 13.8 Å². The Morgan fingerprint density at radius 3 is 2.48 bits per heavy atom. The molecule has 1 heterocycles. The van der Waals surface area contributed by atoms with Crippen LogP contribution in [0.1, 0.15) is 17.0 Å². The molecule has 2 rings (SSSR count). The lowest BCUT2D eigenvalue weighted by molar-refractivity contribution is -0.118. The van der Waals surface area contributed by atoms with Gasteiger partial charge in [0.25, 0.3) is 5.91 Å². The lowest BCUT2D eigenvalue weighted by Gasteiger charge is -2.09. The molecule has 1 aromatic heterocycles. The number of benzene rings is 1. The largest absolute Gasteiger partial charge is 0.487 e. The molecule has 0 aliphatic heterocycles. The zero-order chi connectivity index (χ0) is 19.8. The van der Waals surface area contributed by atoms with Crippen LogP contribution in [0.3, 0.4) is 0 Å². The van der Waals surface area contributed by atoms with Crippen molar-refractivity contribution in [2.24, 2.45) is 5.10 Å². The van der Waals surface area contributed by atoms with Gasteiger partial charge in [-0.05, 0) is 69.5 Å². The van der Waals surface area contributed by atoms with Crippen LogP contribution in [0.2, 0.25) is 0 Å². The SMILES string of the molecule is C=CCOc1c(Br)cc(/C=N/NC(=O)CSc2nc(C)cc(C)n2)cc1Br. The first-order valence-corrected chi connectivity index (χ1v) is 10.5. The number of hydrazone groups is 1. The standard InChI is InChI=1S/C18H18Br2N4O2S/c1-4-5-26-17-14(19)7-13(8-15(17)20)9-21-24-16(25)10-27-18-22-11(2)6-12(3)23-18/h4,6-9H,1,5,10H2,2-3H3,(H,24,25)/b21-9+. The molecule has 0 saturated carbocycles. The van der Waals surface area contributed by atoms with Gasteiger partial charge in [-0.15, -0.1) is 0 Å². The van der Waals surface area contributed by atoms with Gasteiger partial charge in [0, 0.05) is 11.4 Å². The summed E-state index contributed by atoms with van der Waals surface area (Å²) in [5, 5.41) is 4.56. The second-order valence-corrected chi connectivity index (χ2v) is 8.08. The molecule has 2 aromatic rings. The van der Waals surface area contributed by atoms with Gasteiger partial charge < -0.3 is 4.74 Å². The summed E-state index contributed by atoms with van der Waals surface area (Å²) < 4.78 is 7.11. The van der Waals surface area contributed by atoms with Gasteiger partial charge >= 0.3 is 0 Å². The summed E-state index contributed by atoms with van der Waals surface area (Å²) in [4.78, 5) is 20.5. The Morgan fingerprint density at radius 2 is 1.89 bits per heavy atom. The Balaban J connectivity index is 1.90. The van der Waals surface area contributed by atoms with E-state index >= 15 is 0 Å². The topological polar surface area (TPSA) is 76.5 Å². The molecule has 0 bridgehead atoms. The van der Waals surface area contributed by atoms with Crippen molar-refractivity contribution < 1.29 is 9.53 Å². The molecule has 0 fully saturated rings. The number of aryl methyl sites for hydroxylation is 2.